The Morgan fingerprint density at radius 3 is 2.58 bits per heavy atom. The normalized spacial score (nSPS) is 11.9. The van der Waals surface area contributed by atoms with Crippen LogP contribution in [0.3, 0.4) is 0 Å². The number of amides is 1. The molecular formula is C21H19F2N5O4S. The molecular weight excluding hydrogens is 456 g/mol. The van der Waals surface area contributed by atoms with Gasteiger partial charge in [0.05, 0.1) is 28.7 Å². The number of carbonyl (C=O) groups is 1. The fourth-order valence-electron chi connectivity index (χ4n) is 3.51. The van der Waals surface area contributed by atoms with E-state index in [1.165, 1.54) is 6.20 Å². The highest BCUT2D eigenvalue weighted by Crippen LogP contribution is 2.24. The van der Waals surface area contributed by atoms with E-state index in [1.54, 1.807) is 30.7 Å². The number of aryl methyl sites for hydroxylation is 1. The number of halogens is 2. The van der Waals surface area contributed by atoms with Crippen LogP contribution in [-0.2, 0) is 21.4 Å². The highest BCUT2D eigenvalue weighted by atomic mass is 32.2. The number of fused-ring (bicyclic) bond motifs is 3. The Morgan fingerprint density at radius 2 is 1.91 bits per heavy atom. The van der Waals surface area contributed by atoms with Crippen LogP contribution in [0, 0.1) is 18.6 Å². The standard InChI is InChI=1S/C21H19F2N5O4S/c1-3-4-18(29)27-33(31,32)12-7-15(22)14(16(23)8-12)10-28-19-13-6-5-11(2)25-20(13)24-9-17(19)26-21(28)30/h5-9H,3-4,10H2,1-2H3,(H,26,30)(H,27,29). The second-order valence-electron chi connectivity index (χ2n) is 7.50. The van der Waals surface area contributed by atoms with Crippen molar-refractivity contribution in [1.82, 2.24) is 24.2 Å². The van der Waals surface area contributed by atoms with Crippen LogP contribution in [0.25, 0.3) is 22.1 Å². The number of nitrogens with one attached hydrogen (secondary N) is 2. The smallest absolute Gasteiger partial charge is 0.304 e. The number of H-pyrrole nitrogens is 1. The number of nitrogens with zero attached hydrogens (tertiary/aromatic N) is 3. The zero-order valence-electron chi connectivity index (χ0n) is 17.6. The summed E-state index contributed by atoms with van der Waals surface area (Å²) in [6.45, 7) is 2.95. The van der Waals surface area contributed by atoms with Gasteiger partial charge in [-0.1, -0.05) is 6.92 Å². The summed E-state index contributed by atoms with van der Waals surface area (Å²) >= 11 is 0. The summed E-state index contributed by atoms with van der Waals surface area (Å²) in [4.78, 5) is 34.6. The molecule has 0 atom stereocenters. The molecule has 172 valence electrons. The largest absolute Gasteiger partial charge is 0.326 e. The number of sulfonamides is 1. The van der Waals surface area contributed by atoms with Crippen LogP contribution in [0.2, 0.25) is 0 Å². The molecule has 4 aromatic rings. The minimum atomic E-state index is -4.45. The molecule has 4 rings (SSSR count). The second-order valence-corrected chi connectivity index (χ2v) is 9.19. The van der Waals surface area contributed by atoms with Gasteiger partial charge in [-0.3, -0.25) is 9.36 Å². The summed E-state index contributed by atoms with van der Waals surface area (Å²) in [5.41, 5.74) is 0.653. The summed E-state index contributed by atoms with van der Waals surface area (Å²) in [5, 5.41) is 0.509. The average Bonchev–Trinajstić information content (AvgIpc) is 3.05. The number of rotatable bonds is 6. The minimum absolute atomic E-state index is 0.0526. The minimum Gasteiger partial charge on any atom is -0.304 e. The number of hydrogen-bond donors (Lipinski definition) is 2. The van der Waals surface area contributed by atoms with Crippen molar-refractivity contribution < 1.29 is 22.0 Å². The molecule has 0 spiro atoms. The predicted molar refractivity (Wildman–Crippen MR) is 116 cm³/mol. The van der Waals surface area contributed by atoms with Crippen molar-refractivity contribution in [2.75, 3.05) is 0 Å². The van der Waals surface area contributed by atoms with Crippen molar-refractivity contribution in [3.63, 3.8) is 0 Å². The third-order valence-electron chi connectivity index (χ3n) is 5.06. The van der Waals surface area contributed by atoms with Gasteiger partial charge in [-0.15, -0.1) is 0 Å². The summed E-state index contributed by atoms with van der Waals surface area (Å²) in [5.74, 6) is -3.13. The molecule has 0 unspecified atom stereocenters. The van der Waals surface area contributed by atoms with Crippen LogP contribution in [0.5, 0.6) is 0 Å². The first-order valence-corrected chi connectivity index (χ1v) is 11.5. The lowest BCUT2D eigenvalue weighted by atomic mass is 10.2. The van der Waals surface area contributed by atoms with Crippen LogP contribution in [0.4, 0.5) is 8.78 Å². The first kappa shape index (κ1) is 22.5. The average molecular weight is 475 g/mol. The maximum atomic E-state index is 14.8. The van der Waals surface area contributed by atoms with Crippen molar-refractivity contribution in [3.05, 3.63) is 63.8 Å². The van der Waals surface area contributed by atoms with Crippen molar-refractivity contribution in [1.29, 1.82) is 0 Å². The fraction of sp³-hybridized carbons (Fsp3) is 0.238. The number of aromatic amines is 1. The predicted octanol–water partition coefficient (Wildman–Crippen LogP) is 2.51. The second kappa shape index (κ2) is 8.35. The fourth-order valence-corrected chi connectivity index (χ4v) is 4.54. The van der Waals surface area contributed by atoms with Gasteiger partial charge >= 0.3 is 5.69 Å². The van der Waals surface area contributed by atoms with Crippen LogP contribution < -0.4 is 10.4 Å². The molecule has 3 heterocycles. The Kier molecular flexibility index (Phi) is 5.70. The van der Waals surface area contributed by atoms with Crippen LogP contribution in [0.1, 0.15) is 31.0 Å². The lowest BCUT2D eigenvalue weighted by Gasteiger charge is -2.11. The molecule has 1 aromatic carbocycles. The van der Waals surface area contributed by atoms with E-state index in [9.17, 15) is 26.8 Å². The molecule has 1 amide bonds. The van der Waals surface area contributed by atoms with E-state index in [-0.39, 0.29) is 6.42 Å². The van der Waals surface area contributed by atoms with Crippen molar-refractivity contribution in [2.24, 2.45) is 0 Å². The highest BCUT2D eigenvalue weighted by Gasteiger charge is 2.23. The Bertz CT molecular complexity index is 1550. The lowest BCUT2D eigenvalue weighted by molar-refractivity contribution is -0.119. The maximum absolute atomic E-state index is 14.8. The van der Waals surface area contributed by atoms with Gasteiger partial charge in [-0.05, 0) is 37.6 Å². The van der Waals surface area contributed by atoms with Crippen LogP contribution >= 0.6 is 0 Å². The number of hydrogen-bond acceptors (Lipinski definition) is 6. The Hall–Kier alpha value is -3.67. The number of benzene rings is 1. The monoisotopic (exact) mass is 475 g/mol. The quantitative estimate of drug-likeness (QED) is 0.441. The molecule has 9 nitrogen and oxygen atoms in total. The van der Waals surface area contributed by atoms with E-state index in [1.807, 2.05) is 0 Å². The number of carbonyl (C=O) groups excluding carboxylic acids is 1. The van der Waals surface area contributed by atoms with Gasteiger partial charge in [0.1, 0.15) is 11.6 Å². The molecule has 0 saturated heterocycles. The Balaban J connectivity index is 1.78. The molecule has 33 heavy (non-hydrogen) atoms. The summed E-state index contributed by atoms with van der Waals surface area (Å²) < 4.78 is 57.2. The first-order chi connectivity index (χ1) is 15.6. The first-order valence-electron chi connectivity index (χ1n) is 9.99. The molecule has 0 saturated carbocycles. The maximum Gasteiger partial charge on any atom is 0.326 e. The highest BCUT2D eigenvalue weighted by molar-refractivity contribution is 7.90. The van der Waals surface area contributed by atoms with E-state index in [0.29, 0.717) is 46.3 Å². The molecule has 0 bridgehead atoms. The van der Waals surface area contributed by atoms with E-state index in [0.717, 1.165) is 4.57 Å². The number of imidazole rings is 1. The van der Waals surface area contributed by atoms with E-state index in [4.69, 9.17) is 0 Å². The van der Waals surface area contributed by atoms with E-state index >= 15 is 0 Å². The molecule has 3 aromatic heterocycles. The molecule has 2 N–H and O–H groups in total. The Morgan fingerprint density at radius 1 is 1.21 bits per heavy atom. The van der Waals surface area contributed by atoms with Gasteiger partial charge in [-0.2, -0.15) is 0 Å². The van der Waals surface area contributed by atoms with Gasteiger partial charge in [-0.25, -0.2) is 36.7 Å². The van der Waals surface area contributed by atoms with Crippen LogP contribution in [-0.4, -0.2) is 33.8 Å². The lowest BCUT2D eigenvalue weighted by Crippen LogP contribution is -2.30. The van der Waals surface area contributed by atoms with E-state index in [2.05, 4.69) is 15.0 Å². The van der Waals surface area contributed by atoms with Crippen molar-refractivity contribution >= 4 is 38.0 Å². The third-order valence-corrected chi connectivity index (χ3v) is 6.42. The molecule has 12 heteroatoms. The molecule has 0 fully saturated rings. The third kappa shape index (κ3) is 4.21. The summed E-state index contributed by atoms with van der Waals surface area (Å²) in [6.07, 6.45) is 1.76. The van der Waals surface area contributed by atoms with Gasteiger partial charge in [0, 0.05) is 23.1 Å². The zero-order valence-corrected chi connectivity index (χ0v) is 18.5. The van der Waals surface area contributed by atoms with Crippen molar-refractivity contribution in [3.8, 4) is 0 Å². The SMILES string of the molecule is CCCC(=O)NS(=O)(=O)c1cc(F)c(Cn2c(=O)[nH]c3cnc4nc(C)ccc4c32)c(F)c1. The number of aromatic nitrogens is 4. The van der Waals surface area contributed by atoms with Gasteiger partial charge in [0.25, 0.3) is 10.0 Å². The topological polar surface area (TPSA) is 127 Å². The van der Waals surface area contributed by atoms with Crippen molar-refractivity contribution in [2.45, 2.75) is 38.1 Å². The zero-order chi connectivity index (χ0) is 23.9. The van der Waals surface area contributed by atoms with Gasteiger partial charge in [0.2, 0.25) is 5.91 Å². The molecule has 0 aliphatic rings. The van der Waals surface area contributed by atoms with Crippen LogP contribution in [0.15, 0.2) is 40.2 Å². The van der Waals surface area contributed by atoms with E-state index < -0.39 is 50.3 Å². The van der Waals surface area contributed by atoms with Gasteiger partial charge in [0.15, 0.2) is 5.65 Å². The van der Waals surface area contributed by atoms with Gasteiger partial charge < -0.3 is 4.98 Å². The summed E-state index contributed by atoms with van der Waals surface area (Å²) in [7, 11) is -4.45. The summed E-state index contributed by atoms with van der Waals surface area (Å²) in [6, 6.07) is 4.66. The molecule has 0 aliphatic heterocycles. The Labute approximate surface area is 186 Å². The number of pyridine rings is 2. The molecule has 0 aliphatic carbocycles. The molecule has 0 radical (unpaired) electrons.